The molecule has 0 unspecified atom stereocenters. The monoisotopic (exact) mass is 356 g/mol. The van der Waals surface area contributed by atoms with Gasteiger partial charge in [-0.05, 0) is 24.3 Å². The van der Waals surface area contributed by atoms with Gasteiger partial charge in [0.15, 0.2) is 0 Å². The summed E-state index contributed by atoms with van der Waals surface area (Å²) in [7, 11) is 1.78. The lowest BCUT2D eigenvalue weighted by Gasteiger charge is -2.31. The number of piperidine rings is 1. The van der Waals surface area contributed by atoms with E-state index in [9.17, 15) is 9.59 Å². The van der Waals surface area contributed by atoms with Crippen molar-refractivity contribution in [1.29, 1.82) is 0 Å². The number of ether oxygens (including phenoxy) is 1. The van der Waals surface area contributed by atoms with Crippen molar-refractivity contribution in [3.63, 3.8) is 0 Å². The third kappa shape index (κ3) is 4.84. The SMILES string of the molecule is Cn1cc(C(=O)NCC2CCN(C(=O)OCc3ccccc3)CC2)cn1. The lowest BCUT2D eigenvalue weighted by Crippen LogP contribution is -2.41. The molecule has 0 aliphatic carbocycles. The van der Waals surface area contributed by atoms with E-state index in [4.69, 9.17) is 4.74 Å². The van der Waals surface area contributed by atoms with Crippen LogP contribution in [0.25, 0.3) is 0 Å². The molecule has 0 radical (unpaired) electrons. The van der Waals surface area contributed by atoms with Gasteiger partial charge in [-0.3, -0.25) is 9.48 Å². The summed E-state index contributed by atoms with van der Waals surface area (Å²) >= 11 is 0. The van der Waals surface area contributed by atoms with E-state index < -0.39 is 0 Å². The molecule has 1 fully saturated rings. The van der Waals surface area contributed by atoms with Gasteiger partial charge in [0.25, 0.3) is 5.91 Å². The summed E-state index contributed by atoms with van der Waals surface area (Å²) in [5.74, 6) is 0.261. The molecule has 0 bridgehead atoms. The average Bonchev–Trinajstić information content (AvgIpc) is 3.12. The van der Waals surface area contributed by atoms with Gasteiger partial charge in [0.05, 0.1) is 11.8 Å². The van der Waals surface area contributed by atoms with Crippen molar-refractivity contribution in [1.82, 2.24) is 20.0 Å². The normalized spacial score (nSPS) is 14.9. The first-order valence-electron chi connectivity index (χ1n) is 8.84. The highest BCUT2D eigenvalue weighted by Gasteiger charge is 2.24. The Morgan fingerprint density at radius 2 is 1.96 bits per heavy atom. The lowest BCUT2D eigenvalue weighted by atomic mass is 9.97. The zero-order valence-electron chi connectivity index (χ0n) is 14.9. The van der Waals surface area contributed by atoms with Gasteiger partial charge in [-0.25, -0.2) is 4.79 Å². The number of amides is 2. The van der Waals surface area contributed by atoms with Crippen LogP contribution in [0.15, 0.2) is 42.7 Å². The molecule has 26 heavy (non-hydrogen) atoms. The van der Waals surface area contributed by atoms with Crippen molar-refractivity contribution in [3.05, 3.63) is 53.9 Å². The van der Waals surface area contributed by atoms with Crippen LogP contribution in [0.3, 0.4) is 0 Å². The van der Waals surface area contributed by atoms with Gasteiger partial charge >= 0.3 is 6.09 Å². The van der Waals surface area contributed by atoms with Gasteiger partial charge in [-0.1, -0.05) is 30.3 Å². The van der Waals surface area contributed by atoms with Crippen LogP contribution in [-0.4, -0.2) is 46.3 Å². The molecule has 1 aromatic carbocycles. The molecule has 2 heterocycles. The second kappa shape index (κ2) is 8.51. The first-order chi connectivity index (χ1) is 12.6. The molecule has 1 aromatic heterocycles. The topological polar surface area (TPSA) is 76.5 Å². The fourth-order valence-electron chi connectivity index (χ4n) is 3.01. The standard InChI is InChI=1S/C19H24N4O3/c1-22-13-17(12-21-22)18(24)20-11-15-7-9-23(10-8-15)19(25)26-14-16-5-3-2-4-6-16/h2-6,12-13,15H,7-11,14H2,1H3,(H,20,24). The zero-order chi connectivity index (χ0) is 18.4. The second-order valence-corrected chi connectivity index (χ2v) is 6.58. The van der Waals surface area contributed by atoms with Gasteiger partial charge in [0, 0.05) is 32.9 Å². The summed E-state index contributed by atoms with van der Waals surface area (Å²) in [6.07, 6.45) is 4.69. The van der Waals surface area contributed by atoms with Crippen LogP contribution in [-0.2, 0) is 18.4 Å². The molecule has 1 N–H and O–H groups in total. The number of nitrogens with zero attached hydrogens (tertiary/aromatic N) is 3. The quantitative estimate of drug-likeness (QED) is 0.891. The molecule has 1 saturated heterocycles. The Morgan fingerprint density at radius 1 is 1.23 bits per heavy atom. The Labute approximate surface area is 152 Å². The Bertz CT molecular complexity index is 736. The molecule has 7 nitrogen and oxygen atoms in total. The zero-order valence-corrected chi connectivity index (χ0v) is 14.9. The molecule has 3 rings (SSSR count). The van der Waals surface area contributed by atoms with Crippen molar-refractivity contribution in [3.8, 4) is 0 Å². The van der Waals surface area contributed by atoms with Crippen LogP contribution in [0, 0.1) is 5.92 Å². The second-order valence-electron chi connectivity index (χ2n) is 6.58. The van der Waals surface area contributed by atoms with E-state index in [0.29, 0.717) is 37.7 Å². The molecule has 1 aliphatic rings. The summed E-state index contributed by atoms with van der Waals surface area (Å²) in [4.78, 5) is 25.9. The molecule has 7 heteroatoms. The number of benzene rings is 1. The Kier molecular flexibility index (Phi) is 5.88. The van der Waals surface area contributed by atoms with Gasteiger partial charge in [-0.2, -0.15) is 5.10 Å². The molecule has 0 saturated carbocycles. The van der Waals surface area contributed by atoms with Crippen LogP contribution < -0.4 is 5.32 Å². The van der Waals surface area contributed by atoms with E-state index >= 15 is 0 Å². The maximum atomic E-state index is 12.2. The number of aromatic nitrogens is 2. The number of rotatable bonds is 5. The summed E-state index contributed by atoms with van der Waals surface area (Å²) in [6.45, 7) is 2.21. The number of nitrogens with one attached hydrogen (secondary N) is 1. The van der Waals surface area contributed by atoms with Gasteiger partial charge < -0.3 is 15.0 Å². The number of likely N-dealkylation sites (tertiary alicyclic amines) is 1. The van der Waals surface area contributed by atoms with Gasteiger partial charge in [-0.15, -0.1) is 0 Å². The average molecular weight is 356 g/mol. The molecule has 1 aliphatic heterocycles. The summed E-state index contributed by atoms with van der Waals surface area (Å²) in [5, 5.41) is 6.94. The fraction of sp³-hybridized carbons (Fsp3) is 0.421. The number of carbonyl (C=O) groups is 2. The van der Waals surface area contributed by atoms with Crippen LogP contribution in [0.1, 0.15) is 28.8 Å². The lowest BCUT2D eigenvalue weighted by molar-refractivity contribution is 0.0801. The Hall–Kier alpha value is -2.83. The minimum Gasteiger partial charge on any atom is -0.445 e. The molecule has 2 amide bonds. The number of carbonyl (C=O) groups excluding carboxylic acids is 2. The minimum absolute atomic E-state index is 0.109. The Balaban J connectivity index is 1.37. The van der Waals surface area contributed by atoms with Crippen LogP contribution >= 0.6 is 0 Å². The van der Waals surface area contributed by atoms with E-state index in [2.05, 4.69) is 10.4 Å². The Morgan fingerprint density at radius 3 is 2.62 bits per heavy atom. The minimum atomic E-state index is -0.272. The van der Waals surface area contributed by atoms with E-state index in [1.165, 1.54) is 0 Å². The highest BCUT2D eigenvalue weighted by Crippen LogP contribution is 2.17. The van der Waals surface area contributed by atoms with Crippen LogP contribution in [0.5, 0.6) is 0 Å². The number of hydrogen-bond acceptors (Lipinski definition) is 4. The molecule has 2 aromatic rings. The molecule has 0 spiro atoms. The predicted octanol–water partition coefficient (Wildman–Crippen LogP) is 2.20. The predicted molar refractivity (Wildman–Crippen MR) is 96.5 cm³/mol. The van der Waals surface area contributed by atoms with Gasteiger partial charge in [0.1, 0.15) is 6.61 Å². The summed E-state index contributed by atoms with van der Waals surface area (Å²) in [5.41, 5.74) is 1.54. The van der Waals surface area contributed by atoms with Gasteiger partial charge in [0.2, 0.25) is 0 Å². The summed E-state index contributed by atoms with van der Waals surface area (Å²) < 4.78 is 6.97. The van der Waals surface area contributed by atoms with Crippen LogP contribution in [0.2, 0.25) is 0 Å². The van der Waals surface area contributed by atoms with E-state index in [1.54, 1.807) is 29.0 Å². The fourth-order valence-corrected chi connectivity index (χ4v) is 3.01. The van der Waals surface area contributed by atoms with Crippen molar-refractivity contribution >= 4 is 12.0 Å². The highest BCUT2D eigenvalue weighted by molar-refractivity contribution is 5.93. The number of hydrogen-bond donors (Lipinski definition) is 1. The third-order valence-corrected chi connectivity index (χ3v) is 4.60. The first kappa shape index (κ1) is 18.0. The van der Waals surface area contributed by atoms with Crippen molar-refractivity contribution in [2.45, 2.75) is 19.4 Å². The molecule has 0 atom stereocenters. The third-order valence-electron chi connectivity index (χ3n) is 4.60. The largest absolute Gasteiger partial charge is 0.445 e. The molecule has 138 valence electrons. The van der Waals surface area contributed by atoms with E-state index in [0.717, 1.165) is 18.4 Å². The van der Waals surface area contributed by atoms with Crippen molar-refractivity contribution in [2.24, 2.45) is 13.0 Å². The maximum absolute atomic E-state index is 12.2. The molecular formula is C19H24N4O3. The first-order valence-corrected chi connectivity index (χ1v) is 8.84. The maximum Gasteiger partial charge on any atom is 0.410 e. The highest BCUT2D eigenvalue weighted by atomic mass is 16.6. The van der Waals surface area contributed by atoms with E-state index in [-0.39, 0.29) is 12.0 Å². The summed E-state index contributed by atoms with van der Waals surface area (Å²) in [6, 6.07) is 9.65. The molecular weight excluding hydrogens is 332 g/mol. The van der Waals surface area contributed by atoms with Crippen molar-refractivity contribution in [2.75, 3.05) is 19.6 Å². The smallest absolute Gasteiger partial charge is 0.410 e. The van der Waals surface area contributed by atoms with E-state index in [1.807, 2.05) is 30.3 Å². The number of aryl methyl sites for hydroxylation is 1. The van der Waals surface area contributed by atoms with Crippen molar-refractivity contribution < 1.29 is 14.3 Å². The van der Waals surface area contributed by atoms with Crippen LogP contribution in [0.4, 0.5) is 4.79 Å².